The molecule has 138 valence electrons. The van der Waals surface area contributed by atoms with E-state index < -0.39 is 5.60 Å². The number of aliphatic hydroxyl groups is 1. The van der Waals surface area contributed by atoms with E-state index in [0.717, 1.165) is 34.4 Å². The smallest absolute Gasteiger partial charge is 0.119 e. The maximum Gasteiger partial charge on any atom is 0.119 e. The summed E-state index contributed by atoms with van der Waals surface area (Å²) >= 11 is 3.42. The van der Waals surface area contributed by atoms with Crippen molar-refractivity contribution in [1.29, 1.82) is 0 Å². The van der Waals surface area contributed by atoms with Crippen molar-refractivity contribution in [3.8, 4) is 5.75 Å². The first-order chi connectivity index (χ1) is 12.4. The molecule has 0 aromatic heterocycles. The van der Waals surface area contributed by atoms with Crippen molar-refractivity contribution in [2.45, 2.75) is 12.5 Å². The van der Waals surface area contributed by atoms with Crippen LogP contribution in [0.5, 0.6) is 5.75 Å². The highest BCUT2D eigenvalue weighted by Crippen LogP contribution is 2.31. The normalized spacial score (nSPS) is 13.7. The fourth-order valence-corrected chi connectivity index (χ4v) is 2.84. The van der Waals surface area contributed by atoms with Gasteiger partial charge in [0, 0.05) is 17.6 Å². The lowest BCUT2D eigenvalue weighted by molar-refractivity contribution is 0.102. The standard InChI is InChI=1S/C22H26BrNO2/c1-4-15-24(3)16-5-6-17-26-21-13-9-19(10-14-21)22(2,25)18-7-11-20(23)12-8-18/h4-14,25H,1,15-17H2,2-3H3. The first kappa shape index (κ1) is 20.4. The third kappa shape index (κ3) is 5.84. The lowest BCUT2D eigenvalue weighted by Crippen LogP contribution is -2.22. The van der Waals surface area contributed by atoms with Crippen LogP contribution in [-0.2, 0) is 5.60 Å². The van der Waals surface area contributed by atoms with Gasteiger partial charge < -0.3 is 9.84 Å². The Kier molecular flexibility index (Phi) is 7.64. The molecule has 0 radical (unpaired) electrons. The Labute approximate surface area is 164 Å². The quantitative estimate of drug-likeness (QED) is 0.599. The van der Waals surface area contributed by atoms with Gasteiger partial charge in [-0.15, -0.1) is 6.58 Å². The Hall–Kier alpha value is -1.88. The molecule has 0 heterocycles. The zero-order valence-electron chi connectivity index (χ0n) is 15.4. The van der Waals surface area contributed by atoms with Crippen molar-refractivity contribution in [2.75, 3.05) is 26.7 Å². The maximum absolute atomic E-state index is 10.9. The average Bonchev–Trinajstić information content (AvgIpc) is 2.62. The molecule has 1 N–H and O–H groups in total. The Morgan fingerprint density at radius 1 is 1.04 bits per heavy atom. The molecule has 0 aliphatic heterocycles. The SMILES string of the molecule is C=CCN(C)CC=CCOc1ccc(C(C)(O)c2ccc(Br)cc2)cc1. The molecule has 2 aromatic carbocycles. The Balaban J connectivity index is 1.92. The van der Waals surface area contributed by atoms with Crippen LogP contribution in [0.25, 0.3) is 0 Å². The lowest BCUT2D eigenvalue weighted by atomic mass is 9.88. The molecule has 2 aromatic rings. The highest BCUT2D eigenvalue weighted by atomic mass is 79.9. The van der Waals surface area contributed by atoms with Gasteiger partial charge in [-0.25, -0.2) is 0 Å². The van der Waals surface area contributed by atoms with E-state index in [2.05, 4.69) is 33.5 Å². The van der Waals surface area contributed by atoms with E-state index in [0.29, 0.717) is 6.61 Å². The third-order valence-corrected chi connectivity index (χ3v) is 4.72. The van der Waals surface area contributed by atoms with E-state index in [1.165, 1.54) is 0 Å². The Morgan fingerprint density at radius 3 is 2.19 bits per heavy atom. The largest absolute Gasteiger partial charge is 0.490 e. The summed E-state index contributed by atoms with van der Waals surface area (Å²) in [5, 5.41) is 10.9. The summed E-state index contributed by atoms with van der Waals surface area (Å²) in [6, 6.07) is 15.3. The molecular formula is C22H26BrNO2. The molecule has 0 fully saturated rings. The van der Waals surface area contributed by atoms with E-state index in [1.54, 1.807) is 6.92 Å². The van der Waals surface area contributed by atoms with Gasteiger partial charge in [0.15, 0.2) is 0 Å². The monoisotopic (exact) mass is 415 g/mol. The van der Waals surface area contributed by atoms with Crippen molar-refractivity contribution in [3.63, 3.8) is 0 Å². The van der Waals surface area contributed by atoms with E-state index in [1.807, 2.05) is 67.7 Å². The van der Waals surface area contributed by atoms with Gasteiger partial charge in [-0.3, -0.25) is 4.90 Å². The van der Waals surface area contributed by atoms with Crippen LogP contribution in [0.3, 0.4) is 0 Å². The molecule has 0 aliphatic rings. The molecule has 1 unspecified atom stereocenters. The van der Waals surface area contributed by atoms with Gasteiger partial charge in [0.1, 0.15) is 18.0 Å². The number of benzene rings is 2. The number of rotatable bonds is 9. The van der Waals surface area contributed by atoms with Crippen LogP contribution in [0.1, 0.15) is 18.1 Å². The summed E-state index contributed by atoms with van der Waals surface area (Å²) in [7, 11) is 2.04. The summed E-state index contributed by atoms with van der Waals surface area (Å²) in [5.41, 5.74) is 0.629. The minimum absolute atomic E-state index is 0.518. The first-order valence-corrected chi connectivity index (χ1v) is 9.39. The second-order valence-corrected chi connectivity index (χ2v) is 7.31. The number of halogens is 1. The number of hydrogen-bond donors (Lipinski definition) is 1. The molecule has 0 spiro atoms. The zero-order chi connectivity index (χ0) is 19.0. The van der Waals surface area contributed by atoms with Crippen LogP contribution in [-0.4, -0.2) is 36.8 Å². The highest BCUT2D eigenvalue weighted by molar-refractivity contribution is 9.10. The molecule has 0 saturated carbocycles. The lowest BCUT2D eigenvalue weighted by Gasteiger charge is -2.24. The highest BCUT2D eigenvalue weighted by Gasteiger charge is 2.25. The van der Waals surface area contributed by atoms with Gasteiger partial charge in [-0.1, -0.05) is 58.4 Å². The van der Waals surface area contributed by atoms with Crippen LogP contribution < -0.4 is 4.74 Å². The summed E-state index contributed by atoms with van der Waals surface area (Å²) in [6.07, 6.45) is 5.97. The minimum Gasteiger partial charge on any atom is -0.490 e. The van der Waals surface area contributed by atoms with Crippen LogP contribution in [0.15, 0.2) is 77.8 Å². The summed E-state index contributed by atoms with van der Waals surface area (Å²) in [5.74, 6) is 0.782. The molecule has 0 bridgehead atoms. The van der Waals surface area contributed by atoms with Crippen LogP contribution in [0, 0.1) is 0 Å². The van der Waals surface area contributed by atoms with Crippen LogP contribution >= 0.6 is 15.9 Å². The minimum atomic E-state index is -1.05. The predicted octanol–water partition coefficient (Wildman–Crippen LogP) is 4.76. The first-order valence-electron chi connectivity index (χ1n) is 8.59. The molecule has 26 heavy (non-hydrogen) atoms. The molecule has 0 aliphatic carbocycles. The maximum atomic E-state index is 10.9. The van der Waals surface area contributed by atoms with Crippen molar-refractivity contribution >= 4 is 15.9 Å². The second-order valence-electron chi connectivity index (χ2n) is 6.40. The van der Waals surface area contributed by atoms with Gasteiger partial charge in [0.2, 0.25) is 0 Å². The van der Waals surface area contributed by atoms with Crippen LogP contribution in [0.2, 0.25) is 0 Å². The van der Waals surface area contributed by atoms with Crippen molar-refractivity contribution in [2.24, 2.45) is 0 Å². The second kappa shape index (κ2) is 9.72. The van der Waals surface area contributed by atoms with Crippen LogP contribution in [0.4, 0.5) is 0 Å². The van der Waals surface area contributed by atoms with Crippen molar-refractivity contribution in [3.05, 3.63) is 88.9 Å². The molecular weight excluding hydrogens is 390 g/mol. The number of ether oxygens (including phenoxy) is 1. The van der Waals surface area contributed by atoms with Gasteiger partial charge in [-0.2, -0.15) is 0 Å². The Bertz CT molecular complexity index is 721. The fraction of sp³-hybridized carbons (Fsp3) is 0.273. The van der Waals surface area contributed by atoms with E-state index in [4.69, 9.17) is 4.74 Å². The fourth-order valence-electron chi connectivity index (χ4n) is 2.58. The molecule has 0 amide bonds. The number of likely N-dealkylation sites (N-methyl/N-ethyl adjacent to an activating group) is 1. The van der Waals surface area contributed by atoms with Gasteiger partial charge >= 0.3 is 0 Å². The number of nitrogens with zero attached hydrogens (tertiary/aromatic N) is 1. The van der Waals surface area contributed by atoms with E-state index in [-0.39, 0.29) is 0 Å². The molecule has 1 atom stereocenters. The van der Waals surface area contributed by atoms with E-state index >= 15 is 0 Å². The molecule has 3 nitrogen and oxygen atoms in total. The van der Waals surface area contributed by atoms with Gasteiger partial charge in [0.25, 0.3) is 0 Å². The van der Waals surface area contributed by atoms with Crippen molar-refractivity contribution < 1.29 is 9.84 Å². The summed E-state index contributed by atoms with van der Waals surface area (Å²) in [6.45, 7) is 7.77. The Morgan fingerprint density at radius 2 is 1.62 bits per heavy atom. The molecule has 2 rings (SSSR count). The molecule has 4 heteroatoms. The average molecular weight is 416 g/mol. The molecule has 0 saturated heterocycles. The zero-order valence-corrected chi connectivity index (χ0v) is 16.9. The summed E-state index contributed by atoms with van der Waals surface area (Å²) in [4.78, 5) is 2.16. The van der Waals surface area contributed by atoms with Gasteiger partial charge in [-0.05, 0) is 49.4 Å². The predicted molar refractivity (Wildman–Crippen MR) is 112 cm³/mol. The van der Waals surface area contributed by atoms with E-state index in [9.17, 15) is 5.11 Å². The topological polar surface area (TPSA) is 32.7 Å². The third-order valence-electron chi connectivity index (χ3n) is 4.19. The van der Waals surface area contributed by atoms with Crippen molar-refractivity contribution in [1.82, 2.24) is 4.90 Å². The summed E-state index contributed by atoms with van der Waals surface area (Å²) < 4.78 is 6.71. The van der Waals surface area contributed by atoms with Gasteiger partial charge in [0.05, 0.1) is 0 Å². The number of hydrogen-bond acceptors (Lipinski definition) is 3.